The summed E-state index contributed by atoms with van der Waals surface area (Å²) in [5, 5.41) is 10.5. The highest BCUT2D eigenvalue weighted by Gasteiger charge is 2.32. The van der Waals surface area contributed by atoms with Crippen molar-refractivity contribution in [3.05, 3.63) is 34.2 Å². The Morgan fingerprint density at radius 3 is 2.53 bits per heavy atom. The monoisotopic (exact) mass is 274 g/mol. The van der Waals surface area contributed by atoms with E-state index in [2.05, 4.69) is 39.0 Å². The lowest BCUT2D eigenvalue weighted by Gasteiger charge is -2.19. The minimum absolute atomic E-state index is 0.0976. The zero-order chi connectivity index (χ0) is 13.8. The Morgan fingerprint density at radius 1 is 1.32 bits per heavy atom. The van der Waals surface area contributed by atoms with Crippen LogP contribution in [-0.4, -0.2) is 11.1 Å². The minimum Gasteiger partial charge on any atom is -0.477 e. The largest absolute Gasteiger partial charge is 0.477 e. The van der Waals surface area contributed by atoms with Gasteiger partial charge in [0.25, 0.3) is 0 Å². The second-order valence-electron chi connectivity index (χ2n) is 6.39. The molecule has 0 spiro atoms. The predicted octanol–water partition coefficient (Wildman–Crippen LogP) is 4.77. The first kappa shape index (κ1) is 12.7. The van der Waals surface area contributed by atoms with Crippen molar-refractivity contribution in [2.45, 2.75) is 44.9 Å². The molecule has 3 heteroatoms. The highest BCUT2D eigenvalue weighted by atomic mass is 32.1. The van der Waals surface area contributed by atoms with Crippen molar-refractivity contribution < 1.29 is 9.90 Å². The van der Waals surface area contributed by atoms with Gasteiger partial charge >= 0.3 is 5.97 Å². The molecular formula is C16H18O2S. The molecule has 19 heavy (non-hydrogen) atoms. The average Bonchev–Trinajstić information content (AvgIpc) is 3.07. The number of hydrogen-bond donors (Lipinski definition) is 1. The Morgan fingerprint density at radius 2 is 2.00 bits per heavy atom. The van der Waals surface area contributed by atoms with Gasteiger partial charge in [-0.3, -0.25) is 0 Å². The molecule has 0 saturated heterocycles. The van der Waals surface area contributed by atoms with Gasteiger partial charge in [-0.1, -0.05) is 26.8 Å². The van der Waals surface area contributed by atoms with Crippen LogP contribution >= 0.6 is 11.3 Å². The van der Waals surface area contributed by atoms with Gasteiger partial charge in [0.2, 0.25) is 0 Å². The molecule has 1 heterocycles. The summed E-state index contributed by atoms with van der Waals surface area (Å²) in [6, 6.07) is 6.41. The van der Waals surface area contributed by atoms with Gasteiger partial charge in [-0.15, -0.1) is 11.3 Å². The fourth-order valence-electron chi connectivity index (χ4n) is 2.52. The molecule has 1 N–H and O–H groups in total. The van der Waals surface area contributed by atoms with Gasteiger partial charge < -0.3 is 5.11 Å². The van der Waals surface area contributed by atoms with Crippen LogP contribution in [0.4, 0.5) is 0 Å². The molecule has 1 aliphatic rings. The van der Waals surface area contributed by atoms with Crippen LogP contribution in [0.5, 0.6) is 0 Å². The number of hydrogen-bond acceptors (Lipinski definition) is 2. The van der Waals surface area contributed by atoms with Crippen molar-refractivity contribution in [3.63, 3.8) is 0 Å². The van der Waals surface area contributed by atoms with E-state index in [1.807, 2.05) is 0 Å². The van der Waals surface area contributed by atoms with E-state index < -0.39 is 5.97 Å². The highest BCUT2D eigenvalue weighted by molar-refractivity contribution is 7.21. The molecule has 0 aliphatic heterocycles. The van der Waals surface area contributed by atoms with Gasteiger partial charge in [0.1, 0.15) is 4.88 Å². The molecule has 1 fully saturated rings. The zero-order valence-corrected chi connectivity index (χ0v) is 12.3. The van der Waals surface area contributed by atoms with E-state index in [1.54, 1.807) is 0 Å². The van der Waals surface area contributed by atoms with Crippen LogP contribution in [0.3, 0.4) is 0 Å². The molecule has 1 aromatic heterocycles. The van der Waals surface area contributed by atoms with Crippen molar-refractivity contribution in [1.82, 2.24) is 0 Å². The summed E-state index contributed by atoms with van der Waals surface area (Å²) in [4.78, 5) is 12.0. The molecule has 100 valence electrons. The molecular weight excluding hydrogens is 256 g/mol. The number of thiophene rings is 1. The maximum absolute atomic E-state index is 11.4. The van der Waals surface area contributed by atoms with E-state index in [1.165, 1.54) is 16.9 Å². The second-order valence-corrected chi connectivity index (χ2v) is 7.44. The van der Waals surface area contributed by atoms with Crippen molar-refractivity contribution in [1.29, 1.82) is 0 Å². The summed E-state index contributed by atoms with van der Waals surface area (Å²) in [5.74, 6) is -0.310. The van der Waals surface area contributed by atoms with E-state index in [-0.39, 0.29) is 5.41 Å². The molecule has 2 nitrogen and oxygen atoms in total. The molecule has 0 amide bonds. The Bertz CT molecular complexity index is 657. The van der Waals surface area contributed by atoms with Crippen molar-refractivity contribution >= 4 is 27.4 Å². The van der Waals surface area contributed by atoms with Crippen LogP contribution in [0.2, 0.25) is 0 Å². The first-order chi connectivity index (χ1) is 8.88. The molecule has 1 aliphatic carbocycles. The third-order valence-electron chi connectivity index (χ3n) is 3.77. The predicted molar refractivity (Wildman–Crippen MR) is 79.5 cm³/mol. The van der Waals surface area contributed by atoms with Crippen LogP contribution < -0.4 is 0 Å². The van der Waals surface area contributed by atoms with Gasteiger partial charge in [-0.05, 0) is 52.8 Å². The van der Waals surface area contributed by atoms with Crippen LogP contribution in [0, 0.1) is 0 Å². The summed E-state index contributed by atoms with van der Waals surface area (Å²) < 4.78 is 1.10. The van der Waals surface area contributed by atoms with Gasteiger partial charge in [-0.2, -0.15) is 0 Å². The number of carboxylic acid groups (broad SMARTS) is 1. The smallest absolute Gasteiger partial charge is 0.346 e. The number of carbonyl (C=O) groups is 1. The molecule has 0 radical (unpaired) electrons. The molecule has 1 saturated carbocycles. The molecule has 0 atom stereocenters. The van der Waals surface area contributed by atoms with Crippen LogP contribution in [-0.2, 0) is 5.41 Å². The maximum atomic E-state index is 11.4. The third kappa shape index (κ3) is 2.16. The van der Waals surface area contributed by atoms with Gasteiger partial charge in [-0.25, -0.2) is 4.79 Å². The SMILES string of the molecule is CC(C)(C)c1ccc2sc(C(=O)O)c(C3CC3)c2c1. The molecule has 3 rings (SSSR count). The quantitative estimate of drug-likeness (QED) is 0.856. The lowest BCUT2D eigenvalue weighted by atomic mass is 9.86. The van der Waals surface area contributed by atoms with E-state index in [9.17, 15) is 9.90 Å². The van der Waals surface area contributed by atoms with Crippen molar-refractivity contribution in [2.24, 2.45) is 0 Å². The number of aromatic carboxylic acids is 1. The van der Waals surface area contributed by atoms with Crippen LogP contribution in [0.1, 0.15) is 60.3 Å². The van der Waals surface area contributed by atoms with E-state index >= 15 is 0 Å². The number of benzene rings is 1. The number of carboxylic acids is 1. The summed E-state index contributed by atoms with van der Waals surface area (Å²) in [5.41, 5.74) is 2.45. The Hall–Kier alpha value is -1.35. The van der Waals surface area contributed by atoms with Gasteiger partial charge in [0, 0.05) is 4.70 Å². The lowest BCUT2D eigenvalue weighted by Crippen LogP contribution is -2.10. The summed E-state index contributed by atoms with van der Waals surface area (Å²) in [7, 11) is 0. The van der Waals surface area contributed by atoms with Crippen LogP contribution in [0.15, 0.2) is 18.2 Å². The maximum Gasteiger partial charge on any atom is 0.346 e. The number of rotatable bonds is 2. The average molecular weight is 274 g/mol. The van der Waals surface area contributed by atoms with E-state index in [0.717, 1.165) is 28.5 Å². The van der Waals surface area contributed by atoms with E-state index in [0.29, 0.717) is 10.8 Å². The van der Waals surface area contributed by atoms with E-state index in [4.69, 9.17) is 0 Å². The molecule has 0 bridgehead atoms. The topological polar surface area (TPSA) is 37.3 Å². The lowest BCUT2D eigenvalue weighted by molar-refractivity contribution is 0.0701. The Labute approximate surface area is 117 Å². The zero-order valence-electron chi connectivity index (χ0n) is 11.5. The number of fused-ring (bicyclic) bond motifs is 1. The third-order valence-corrected chi connectivity index (χ3v) is 4.95. The highest BCUT2D eigenvalue weighted by Crippen LogP contribution is 2.48. The molecule has 0 unspecified atom stereocenters. The standard InChI is InChI=1S/C16H18O2S/c1-16(2,3)10-6-7-12-11(8-10)13(9-4-5-9)14(19-12)15(17)18/h6-9H,4-5H2,1-3H3,(H,17,18). The Balaban J connectivity index is 2.26. The van der Waals surface area contributed by atoms with Crippen molar-refractivity contribution in [2.75, 3.05) is 0 Å². The summed E-state index contributed by atoms with van der Waals surface area (Å²) in [6.45, 7) is 6.57. The first-order valence-electron chi connectivity index (χ1n) is 6.68. The van der Waals surface area contributed by atoms with Crippen LogP contribution in [0.25, 0.3) is 10.1 Å². The summed E-state index contributed by atoms with van der Waals surface area (Å²) in [6.07, 6.45) is 2.26. The fourth-order valence-corrected chi connectivity index (χ4v) is 3.63. The minimum atomic E-state index is -0.777. The fraction of sp³-hybridized carbons (Fsp3) is 0.438. The second kappa shape index (κ2) is 4.07. The molecule has 1 aromatic carbocycles. The Kier molecular flexibility index (Phi) is 2.72. The molecule has 2 aromatic rings. The van der Waals surface area contributed by atoms with Gasteiger partial charge in [0.15, 0.2) is 0 Å². The first-order valence-corrected chi connectivity index (χ1v) is 7.50. The summed E-state index contributed by atoms with van der Waals surface area (Å²) >= 11 is 1.42. The normalized spacial score (nSPS) is 15.9. The van der Waals surface area contributed by atoms with Crippen molar-refractivity contribution in [3.8, 4) is 0 Å². The van der Waals surface area contributed by atoms with Gasteiger partial charge in [0.05, 0.1) is 0 Å².